The summed E-state index contributed by atoms with van der Waals surface area (Å²) in [6.07, 6.45) is 0.944. The first-order valence-electron chi connectivity index (χ1n) is 10.3. The Morgan fingerprint density at radius 3 is 2.62 bits per heavy atom. The number of rotatable bonds is 3. The lowest BCUT2D eigenvalue weighted by molar-refractivity contribution is 0.589. The van der Waals surface area contributed by atoms with Crippen molar-refractivity contribution in [2.24, 2.45) is 5.92 Å². The fourth-order valence-electron chi connectivity index (χ4n) is 4.36. The molecule has 1 N–H and O–H groups in total. The Morgan fingerprint density at radius 2 is 1.90 bits per heavy atom. The number of hydrogen-bond acceptors (Lipinski definition) is 6. The Morgan fingerprint density at radius 1 is 1.10 bits per heavy atom. The van der Waals surface area contributed by atoms with E-state index in [0.717, 1.165) is 62.5 Å². The molecule has 0 radical (unpaired) electrons. The van der Waals surface area contributed by atoms with Gasteiger partial charge in [-0.1, -0.05) is 12.1 Å². The van der Waals surface area contributed by atoms with E-state index < -0.39 is 0 Å². The third-order valence-corrected chi connectivity index (χ3v) is 7.00. The maximum atomic E-state index is 9.32. The zero-order chi connectivity index (χ0) is 19.8. The molecular weight excluding hydrogens is 378 g/mol. The van der Waals surface area contributed by atoms with E-state index >= 15 is 0 Å². The molecular formula is C23H25N5S. The summed E-state index contributed by atoms with van der Waals surface area (Å²) in [5.41, 5.74) is 5.72. The van der Waals surface area contributed by atoms with Gasteiger partial charge in [-0.05, 0) is 37.6 Å². The maximum absolute atomic E-state index is 9.32. The lowest BCUT2D eigenvalue weighted by Crippen LogP contribution is -2.43. The van der Waals surface area contributed by atoms with Crippen molar-refractivity contribution < 1.29 is 0 Å². The van der Waals surface area contributed by atoms with Crippen LogP contribution in [0.2, 0.25) is 0 Å². The van der Waals surface area contributed by atoms with Gasteiger partial charge in [0.15, 0.2) is 0 Å². The number of anilines is 2. The van der Waals surface area contributed by atoms with Crippen molar-refractivity contribution >= 4 is 32.9 Å². The van der Waals surface area contributed by atoms with Gasteiger partial charge in [0.05, 0.1) is 33.6 Å². The first-order chi connectivity index (χ1) is 14.2. The summed E-state index contributed by atoms with van der Waals surface area (Å²) in [6, 6.07) is 15.7. The normalized spacial score (nSPS) is 19.7. The van der Waals surface area contributed by atoms with Crippen molar-refractivity contribution in [2.45, 2.75) is 13.3 Å². The average molecular weight is 404 g/mol. The molecule has 0 spiro atoms. The smallest absolute Gasteiger partial charge is 0.0841 e. The fourth-order valence-corrected chi connectivity index (χ4v) is 5.35. The number of fused-ring (bicyclic) bond motifs is 1. The Labute approximate surface area is 175 Å². The second-order valence-electron chi connectivity index (χ2n) is 7.94. The van der Waals surface area contributed by atoms with E-state index in [0.29, 0.717) is 0 Å². The summed E-state index contributed by atoms with van der Waals surface area (Å²) < 4.78 is 1.24. The Bertz CT molecular complexity index is 1060. The third-order valence-electron chi connectivity index (χ3n) is 5.94. The number of aryl methyl sites for hydroxylation is 1. The van der Waals surface area contributed by atoms with Crippen LogP contribution in [-0.4, -0.2) is 44.3 Å². The molecule has 2 aromatic heterocycles. The fraction of sp³-hybridized carbons (Fsp3) is 0.391. The van der Waals surface area contributed by atoms with Crippen molar-refractivity contribution in [3.8, 4) is 17.3 Å². The van der Waals surface area contributed by atoms with Crippen LogP contribution in [0.3, 0.4) is 0 Å². The van der Waals surface area contributed by atoms with E-state index in [2.05, 4.69) is 64.5 Å². The second-order valence-corrected chi connectivity index (χ2v) is 9.20. The molecule has 1 atom stereocenters. The summed E-state index contributed by atoms with van der Waals surface area (Å²) in [7, 11) is 0. The molecule has 2 fully saturated rings. The van der Waals surface area contributed by atoms with Crippen LogP contribution >= 0.6 is 11.3 Å². The molecule has 6 heteroatoms. The lowest BCUT2D eigenvalue weighted by Gasteiger charge is -2.29. The molecule has 148 valence electrons. The summed E-state index contributed by atoms with van der Waals surface area (Å²) in [5.74, 6) is 0.126. The van der Waals surface area contributed by atoms with Crippen LogP contribution in [0.25, 0.3) is 21.5 Å². The van der Waals surface area contributed by atoms with E-state index in [4.69, 9.17) is 4.98 Å². The van der Waals surface area contributed by atoms with Gasteiger partial charge in [-0.15, -0.1) is 11.3 Å². The van der Waals surface area contributed by atoms with E-state index in [1.165, 1.54) is 21.0 Å². The predicted molar refractivity (Wildman–Crippen MR) is 121 cm³/mol. The minimum absolute atomic E-state index is 0.126. The topological polar surface area (TPSA) is 55.2 Å². The molecule has 1 unspecified atom stereocenters. The highest BCUT2D eigenvalue weighted by atomic mass is 32.1. The van der Waals surface area contributed by atoms with Crippen LogP contribution in [0.5, 0.6) is 0 Å². The minimum Gasteiger partial charge on any atom is -0.369 e. The molecule has 4 heterocycles. The molecule has 2 saturated heterocycles. The van der Waals surface area contributed by atoms with Crippen LogP contribution in [0.15, 0.2) is 36.4 Å². The summed E-state index contributed by atoms with van der Waals surface area (Å²) in [4.78, 5) is 11.0. The lowest BCUT2D eigenvalue weighted by atomic mass is 10.1. The van der Waals surface area contributed by atoms with Gasteiger partial charge in [-0.3, -0.25) is 0 Å². The second kappa shape index (κ2) is 7.66. The number of nitrogens with one attached hydrogen (secondary N) is 1. The zero-order valence-corrected chi connectivity index (χ0v) is 17.5. The maximum Gasteiger partial charge on any atom is 0.0841 e. The highest BCUT2D eigenvalue weighted by Gasteiger charge is 2.25. The monoisotopic (exact) mass is 403 g/mol. The van der Waals surface area contributed by atoms with Gasteiger partial charge in [-0.2, -0.15) is 5.26 Å². The first kappa shape index (κ1) is 18.4. The van der Waals surface area contributed by atoms with Crippen molar-refractivity contribution in [3.05, 3.63) is 41.3 Å². The van der Waals surface area contributed by atoms with E-state index in [1.807, 2.05) is 0 Å². The van der Waals surface area contributed by atoms with Gasteiger partial charge in [0.1, 0.15) is 0 Å². The molecule has 0 saturated carbocycles. The molecule has 5 nitrogen and oxygen atoms in total. The number of aromatic nitrogens is 1. The van der Waals surface area contributed by atoms with Crippen LogP contribution < -0.4 is 15.1 Å². The van der Waals surface area contributed by atoms with E-state index in [-0.39, 0.29) is 5.92 Å². The molecule has 3 aromatic rings. The van der Waals surface area contributed by atoms with E-state index in [9.17, 15) is 5.26 Å². The first-order valence-corrected chi connectivity index (χ1v) is 11.1. The highest BCUT2D eigenvalue weighted by molar-refractivity contribution is 7.19. The van der Waals surface area contributed by atoms with Gasteiger partial charge in [0, 0.05) is 55.4 Å². The van der Waals surface area contributed by atoms with Gasteiger partial charge >= 0.3 is 0 Å². The Kier molecular flexibility index (Phi) is 4.86. The van der Waals surface area contributed by atoms with Crippen LogP contribution in [-0.2, 0) is 0 Å². The van der Waals surface area contributed by atoms with Crippen LogP contribution in [0.4, 0.5) is 11.4 Å². The molecule has 5 rings (SSSR count). The van der Waals surface area contributed by atoms with Crippen molar-refractivity contribution in [1.29, 1.82) is 5.26 Å². The number of hydrogen-bond donors (Lipinski definition) is 1. The van der Waals surface area contributed by atoms with Gasteiger partial charge in [0.2, 0.25) is 0 Å². The summed E-state index contributed by atoms with van der Waals surface area (Å²) >= 11 is 1.80. The Hall–Kier alpha value is -2.62. The molecule has 0 bridgehead atoms. The summed E-state index contributed by atoms with van der Waals surface area (Å²) in [6.45, 7) is 8.08. The number of piperazine rings is 1. The molecule has 2 aliphatic heterocycles. The van der Waals surface area contributed by atoms with Crippen LogP contribution in [0, 0.1) is 24.2 Å². The van der Waals surface area contributed by atoms with Crippen molar-refractivity contribution in [3.63, 3.8) is 0 Å². The summed E-state index contributed by atoms with van der Waals surface area (Å²) in [5, 5.41) is 12.7. The number of nitrogens with zero attached hydrogens (tertiary/aromatic N) is 4. The highest BCUT2D eigenvalue weighted by Crippen LogP contribution is 2.38. The van der Waals surface area contributed by atoms with Gasteiger partial charge < -0.3 is 15.1 Å². The SMILES string of the molecule is Cc1cc2nc(-c3ccc(N4CCNCC4)cc3)cc(N3CCC(C#N)C3)c2s1. The number of benzene rings is 1. The molecule has 0 amide bonds. The largest absolute Gasteiger partial charge is 0.369 e. The third kappa shape index (κ3) is 3.57. The zero-order valence-electron chi connectivity index (χ0n) is 16.7. The molecule has 1 aromatic carbocycles. The van der Waals surface area contributed by atoms with Gasteiger partial charge in [0.25, 0.3) is 0 Å². The van der Waals surface area contributed by atoms with Gasteiger partial charge in [-0.25, -0.2) is 4.98 Å². The quantitative estimate of drug-likeness (QED) is 0.716. The standard InChI is InChI=1S/C23H25N5S/c1-16-12-21-23(29-16)22(28-9-6-17(14-24)15-28)13-20(26-21)18-2-4-19(5-3-18)27-10-7-25-8-11-27/h2-5,12-13,17,25H,6-11,15H2,1H3. The molecule has 2 aliphatic rings. The average Bonchev–Trinajstić information content (AvgIpc) is 3.39. The predicted octanol–water partition coefficient (Wildman–Crippen LogP) is 4.03. The van der Waals surface area contributed by atoms with Crippen molar-refractivity contribution in [1.82, 2.24) is 10.3 Å². The van der Waals surface area contributed by atoms with E-state index in [1.54, 1.807) is 11.3 Å². The van der Waals surface area contributed by atoms with Crippen molar-refractivity contribution in [2.75, 3.05) is 49.1 Å². The molecule has 0 aliphatic carbocycles. The molecule has 29 heavy (non-hydrogen) atoms. The van der Waals surface area contributed by atoms with Crippen LogP contribution in [0.1, 0.15) is 11.3 Å². The number of thiophene rings is 1. The number of nitriles is 1. The minimum atomic E-state index is 0.126. The number of pyridine rings is 1. The Balaban J connectivity index is 1.51.